The zero-order valence-electron chi connectivity index (χ0n) is 12.6. The van der Waals surface area contributed by atoms with E-state index in [0.29, 0.717) is 32.3 Å². The summed E-state index contributed by atoms with van der Waals surface area (Å²) < 4.78 is 10.7. The number of carbonyl (C=O) groups is 1. The smallest absolute Gasteiger partial charge is 0.282 e. The van der Waals surface area contributed by atoms with Crippen LogP contribution >= 0.6 is 22.7 Å². The standard InChI is InChI=1S/C15H17N3O3S2/c1-20-13-7-16-15(23-13)21-12-5-4-11(22-12)14(19)18-10-6-8-2-3-9(10)17-8/h4-5,7-10,17H,2-3,6H2,1H3,(H,18,19)/t8-,9+,10-/m1/s1. The van der Waals surface area contributed by atoms with Crippen LogP contribution in [-0.4, -0.2) is 36.1 Å². The Morgan fingerprint density at radius 2 is 2.26 bits per heavy atom. The van der Waals surface area contributed by atoms with Crippen molar-refractivity contribution in [3.63, 3.8) is 0 Å². The highest BCUT2D eigenvalue weighted by Gasteiger charge is 2.39. The van der Waals surface area contributed by atoms with Crippen molar-refractivity contribution in [3.05, 3.63) is 23.2 Å². The SMILES string of the molecule is COc1cnc(Oc2ccc(C(=O)N[C@@H]3C[C@H]4CC[C@@H]3N4)s2)s1. The highest BCUT2D eigenvalue weighted by atomic mass is 32.1. The number of thiophene rings is 1. The highest BCUT2D eigenvalue weighted by Crippen LogP contribution is 2.35. The summed E-state index contributed by atoms with van der Waals surface area (Å²) in [6, 6.07) is 4.85. The van der Waals surface area contributed by atoms with Gasteiger partial charge in [0.25, 0.3) is 11.1 Å². The lowest BCUT2D eigenvalue weighted by atomic mass is 9.95. The van der Waals surface area contributed by atoms with E-state index in [0.717, 1.165) is 12.8 Å². The average Bonchev–Trinajstić information content (AvgIpc) is 3.32. The first-order chi connectivity index (χ1) is 11.2. The van der Waals surface area contributed by atoms with E-state index in [1.165, 1.54) is 29.1 Å². The van der Waals surface area contributed by atoms with Crippen LogP contribution in [0.1, 0.15) is 28.9 Å². The number of carbonyl (C=O) groups excluding carboxylic acids is 1. The van der Waals surface area contributed by atoms with Crippen molar-refractivity contribution in [1.29, 1.82) is 0 Å². The largest absolute Gasteiger partial charge is 0.486 e. The van der Waals surface area contributed by atoms with Crippen LogP contribution in [0.5, 0.6) is 15.3 Å². The van der Waals surface area contributed by atoms with Crippen molar-refractivity contribution in [2.24, 2.45) is 0 Å². The molecule has 8 heteroatoms. The van der Waals surface area contributed by atoms with Crippen LogP contribution in [0.3, 0.4) is 0 Å². The second kappa shape index (κ2) is 6.10. The van der Waals surface area contributed by atoms with E-state index in [1.807, 2.05) is 0 Å². The Balaban J connectivity index is 1.38. The van der Waals surface area contributed by atoms with E-state index < -0.39 is 0 Å². The van der Waals surface area contributed by atoms with E-state index in [2.05, 4.69) is 15.6 Å². The molecule has 1 amide bonds. The van der Waals surface area contributed by atoms with Gasteiger partial charge in [0.15, 0.2) is 10.1 Å². The molecule has 6 nitrogen and oxygen atoms in total. The zero-order chi connectivity index (χ0) is 15.8. The van der Waals surface area contributed by atoms with E-state index in [1.54, 1.807) is 25.4 Å². The van der Waals surface area contributed by atoms with Crippen molar-refractivity contribution in [1.82, 2.24) is 15.6 Å². The van der Waals surface area contributed by atoms with E-state index in [-0.39, 0.29) is 11.9 Å². The van der Waals surface area contributed by atoms with Gasteiger partial charge in [-0.15, -0.1) is 0 Å². The van der Waals surface area contributed by atoms with Crippen LogP contribution < -0.4 is 20.1 Å². The number of hydrogen-bond donors (Lipinski definition) is 2. The van der Waals surface area contributed by atoms with Gasteiger partial charge < -0.3 is 20.1 Å². The highest BCUT2D eigenvalue weighted by molar-refractivity contribution is 7.16. The monoisotopic (exact) mass is 351 g/mol. The van der Waals surface area contributed by atoms with E-state index in [4.69, 9.17) is 9.47 Å². The van der Waals surface area contributed by atoms with Crippen LogP contribution in [0.15, 0.2) is 18.3 Å². The molecule has 2 fully saturated rings. The maximum atomic E-state index is 12.4. The second-order valence-corrected chi connectivity index (χ2v) is 7.74. The van der Waals surface area contributed by atoms with Gasteiger partial charge in [-0.1, -0.05) is 11.3 Å². The Morgan fingerprint density at radius 1 is 1.35 bits per heavy atom. The van der Waals surface area contributed by atoms with Crippen LogP contribution in [0.25, 0.3) is 0 Å². The molecule has 0 aliphatic carbocycles. The van der Waals surface area contributed by atoms with E-state index >= 15 is 0 Å². The van der Waals surface area contributed by atoms with Gasteiger partial charge in [0.05, 0.1) is 18.2 Å². The molecule has 2 aliphatic rings. The first kappa shape index (κ1) is 14.9. The van der Waals surface area contributed by atoms with Crippen molar-refractivity contribution >= 4 is 28.6 Å². The summed E-state index contributed by atoms with van der Waals surface area (Å²) in [4.78, 5) is 17.1. The average molecular weight is 351 g/mol. The van der Waals surface area contributed by atoms with Gasteiger partial charge in [0, 0.05) is 18.1 Å². The van der Waals surface area contributed by atoms with Gasteiger partial charge >= 0.3 is 0 Å². The first-order valence-electron chi connectivity index (χ1n) is 7.55. The quantitative estimate of drug-likeness (QED) is 0.866. The van der Waals surface area contributed by atoms with Crippen LogP contribution in [0.2, 0.25) is 0 Å². The number of ether oxygens (including phenoxy) is 2. The maximum Gasteiger partial charge on any atom is 0.282 e. The molecule has 0 aromatic carbocycles. The molecule has 2 aromatic heterocycles. The fourth-order valence-electron chi connectivity index (χ4n) is 3.19. The predicted octanol–water partition coefficient (Wildman–Crippen LogP) is 2.63. The number of fused-ring (bicyclic) bond motifs is 2. The minimum Gasteiger partial charge on any atom is -0.486 e. The van der Waals surface area contributed by atoms with Crippen LogP contribution in [0.4, 0.5) is 0 Å². The summed E-state index contributed by atoms with van der Waals surface area (Å²) in [5, 5.41) is 8.51. The summed E-state index contributed by atoms with van der Waals surface area (Å²) in [6.45, 7) is 0. The second-order valence-electron chi connectivity index (χ2n) is 5.73. The number of methoxy groups -OCH3 is 1. The molecular weight excluding hydrogens is 334 g/mol. The van der Waals surface area contributed by atoms with Gasteiger partial charge in [-0.3, -0.25) is 4.79 Å². The van der Waals surface area contributed by atoms with Crippen molar-refractivity contribution in [3.8, 4) is 15.3 Å². The van der Waals surface area contributed by atoms with Crippen molar-refractivity contribution < 1.29 is 14.3 Å². The molecule has 3 atom stereocenters. The molecular formula is C15H17N3O3S2. The molecule has 2 bridgehead atoms. The summed E-state index contributed by atoms with van der Waals surface area (Å²) in [5.41, 5.74) is 0. The lowest BCUT2D eigenvalue weighted by Crippen LogP contribution is -2.42. The molecule has 2 aromatic rings. The Labute approximate surface area is 141 Å². The normalized spacial score (nSPS) is 25.5. The third-order valence-electron chi connectivity index (χ3n) is 4.27. The predicted molar refractivity (Wildman–Crippen MR) is 88.9 cm³/mol. The summed E-state index contributed by atoms with van der Waals surface area (Å²) in [7, 11) is 1.59. The Kier molecular flexibility index (Phi) is 3.96. The molecule has 4 heterocycles. The van der Waals surface area contributed by atoms with Gasteiger partial charge in [0.1, 0.15) is 0 Å². The fraction of sp³-hybridized carbons (Fsp3) is 0.467. The van der Waals surface area contributed by atoms with E-state index in [9.17, 15) is 4.79 Å². The van der Waals surface area contributed by atoms with Gasteiger partial charge in [-0.05, 0) is 42.7 Å². The topological polar surface area (TPSA) is 72.5 Å². The molecule has 23 heavy (non-hydrogen) atoms. The molecule has 0 saturated carbocycles. The molecule has 0 spiro atoms. The number of rotatable bonds is 5. The number of nitrogens with zero attached hydrogens (tertiary/aromatic N) is 1. The Bertz CT molecular complexity index is 714. The Morgan fingerprint density at radius 3 is 2.96 bits per heavy atom. The van der Waals surface area contributed by atoms with Crippen molar-refractivity contribution in [2.45, 2.75) is 37.4 Å². The summed E-state index contributed by atoms with van der Waals surface area (Å²) >= 11 is 2.65. The number of thiazole rings is 1. The molecule has 2 N–H and O–H groups in total. The number of nitrogens with one attached hydrogen (secondary N) is 2. The van der Waals surface area contributed by atoms with Gasteiger partial charge in [-0.2, -0.15) is 0 Å². The summed E-state index contributed by atoms with van der Waals surface area (Å²) in [5.74, 6) is -0.0269. The van der Waals surface area contributed by atoms with Crippen molar-refractivity contribution in [2.75, 3.05) is 7.11 Å². The molecule has 2 saturated heterocycles. The van der Waals surface area contributed by atoms with Gasteiger partial charge in [-0.25, -0.2) is 4.98 Å². The third-order valence-corrected chi connectivity index (χ3v) is 6.07. The lowest BCUT2D eigenvalue weighted by Gasteiger charge is -2.20. The first-order valence-corrected chi connectivity index (χ1v) is 9.19. The molecule has 4 rings (SSSR count). The molecule has 2 aliphatic heterocycles. The maximum absolute atomic E-state index is 12.4. The fourth-order valence-corrected chi connectivity index (χ4v) is 4.60. The molecule has 0 unspecified atom stereocenters. The van der Waals surface area contributed by atoms with Gasteiger partial charge in [0.2, 0.25) is 0 Å². The zero-order valence-corrected chi connectivity index (χ0v) is 14.2. The Hall–Kier alpha value is -1.64. The number of amides is 1. The molecule has 0 radical (unpaired) electrons. The number of aromatic nitrogens is 1. The number of hydrogen-bond acceptors (Lipinski definition) is 7. The molecule has 122 valence electrons. The van der Waals surface area contributed by atoms with Crippen LogP contribution in [0, 0.1) is 0 Å². The van der Waals surface area contributed by atoms with Crippen LogP contribution in [-0.2, 0) is 0 Å². The third kappa shape index (κ3) is 3.06. The summed E-state index contributed by atoms with van der Waals surface area (Å²) in [6.07, 6.45) is 5.03. The minimum atomic E-state index is -0.0269. The lowest BCUT2D eigenvalue weighted by molar-refractivity contribution is 0.0935. The minimum absolute atomic E-state index is 0.0269.